The molecule has 4 nitrogen and oxygen atoms in total. The minimum Gasteiger partial charge on any atom is -0.477 e. The van der Waals surface area contributed by atoms with Gasteiger partial charge in [-0.15, -0.1) is 0 Å². The highest BCUT2D eigenvalue weighted by atomic mass is 19.1. The zero-order chi connectivity index (χ0) is 11.7. The number of rotatable bonds is 2. The quantitative estimate of drug-likeness (QED) is 0.815. The molecule has 0 atom stereocenters. The van der Waals surface area contributed by atoms with Gasteiger partial charge in [-0.25, -0.2) is 9.18 Å². The molecule has 0 radical (unpaired) electrons. The molecule has 0 spiro atoms. The molecule has 82 valence electrons. The smallest absolute Gasteiger partial charge is 0.353 e. The van der Waals surface area contributed by atoms with Gasteiger partial charge in [-0.05, 0) is 36.8 Å². The number of nitrogens with zero attached hydrogens (tertiary/aromatic N) is 1. The molecule has 16 heavy (non-hydrogen) atoms. The number of carboxylic acid groups (broad SMARTS) is 1. The van der Waals surface area contributed by atoms with Gasteiger partial charge in [0.25, 0.3) is 0 Å². The Morgan fingerprint density at radius 1 is 1.38 bits per heavy atom. The van der Waals surface area contributed by atoms with E-state index in [4.69, 9.17) is 5.11 Å². The van der Waals surface area contributed by atoms with Crippen LogP contribution in [-0.2, 0) is 0 Å². The molecule has 0 aliphatic heterocycles. The summed E-state index contributed by atoms with van der Waals surface area (Å²) in [6, 6.07) is 5.82. The van der Waals surface area contributed by atoms with Crippen LogP contribution in [0, 0.1) is 12.7 Å². The van der Waals surface area contributed by atoms with Crippen LogP contribution in [0.4, 0.5) is 4.39 Å². The van der Waals surface area contributed by atoms with Crippen molar-refractivity contribution in [3.05, 3.63) is 41.3 Å². The Bertz CT molecular complexity index is 528. The first-order valence-corrected chi connectivity index (χ1v) is 4.62. The van der Waals surface area contributed by atoms with Crippen molar-refractivity contribution in [2.75, 3.05) is 0 Å². The average molecular weight is 220 g/mol. The van der Waals surface area contributed by atoms with E-state index in [2.05, 4.69) is 10.2 Å². The van der Waals surface area contributed by atoms with Crippen molar-refractivity contribution in [2.45, 2.75) is 6.92 Å². The van der Waals surface area contributed by atoms with E-state index in [1.807, 2.05) is 0 Å². The van der Waals surface area contributed by atoms with E-state index in [0.29, 0.717) is 11.3 Å². The molecule has 0 fully saturated rings. The van der Waals surface area contributed by atoms with Crippen LogP contribution in [0.5, 0.6) is 0 Å². The number of aromatic amines is 1. The van der Waals surface area contributed by atoms with Gasteiger partial charge in [-0.2, -0.15) is 5.10 Å². The molecular weight excluding hydrogens is 211 g/mol. The topological polar surface area (TPSA) is 66.0 Å². The summed E-state index contributed by atoms with van der Waals surface area (Å²) in [7, 11) is 0. The number of carbonyl (C=O) groups is 1. The maximum absolute atomic E-state index is 13.1. The van der Waals surface area contributed by atoms with Crippen LogP contribution in [0.2, 0.25) is 0 Å². The van der Waals surface area contributed by atoms with E-state index in [-0.39, 0.29) is 11.5 Å². The fourth-order valence-electron chi connectivity index (χ4n) is 1.46. The van der Waals surface area contributed by atoms with Gasteiger partial charge in [0.15, 0.2) is 0 Å². The Hall–Kier alpha value is -2.17. The van der Waals surface area contributed by atoms with Crippen LogP contribution in [0.3, 0.4) is 0 Å². The number of hydrogen-bond acceptors (Lipinski definition) is 2. The molecule has 2 N–H and O–H groups in total. The molecule has 0 aliphatic rings. The standard InChI is InChI=1S/C11H9FN2O2/c1-6-2-7(4-8(12)3-6)9-5-10(11(15)16)14-13-9/h2-5H,1H3,(H,13,14)(H,15,16). The predicted molar refractivity (Wildman–Crippen MR) is 55.7 cm³/mol. The number of H-pyrrole nitrogens is 1. The minimum absolute atomic E-state index is 0.0167. The maximum Gasteiger partial charge on any atom is 0.353 e. The molecule has 0 aliphatic carbocycles. The summed E-state index contributed by atoms with van der Waals surface area (Å²) < 4.78 is 13.1. The lowest BCUT2D eigenvalue weighted by Gasteiger charge is -1.98. The first-order valence-electron chi connectivity index (χ1n) is 4.62. The maximum atomic E-state index is 13.1. The van der Waals surface area contributed by atoms with Crippen LogP contribution in [0.15, 0.2) is 24.3 Å². The second-order valence-electron chi connectivity index (χ2n) is 3.49. The van der Waals surface area contributed by atoms with Gasteiger partial charge in [-0.1, -0.05) is 0 Å². The van der Waals surface area contributed by atoms with Crippen molar-refractivity contribution in [3.63, 3.8) is 0 Å². The first kappa shape index (κ1) is 10.4. The van der Waals surface area contributed by atoms with Crippen molar-refractivity contribution >= 4 is 5.97 Å². The van der Waals surface area contributed by atoms with Gasteiger partial charge < -0.3 is 5.11 Å². The number of aryl methyl sites for hydroxylation is 1. The molecule has 2 aromatic rings. The third-order valence-corrected chi connectivity index (χ3v) is 2.15. The molecule has 0 saturated heterocycles. The Morgan fingerprint density at radius 2 is 2.12 bits per heavy atom. The van der Waals surface area contributed by atoms with Crippen molar-refractivity contribution < 1.29 is 14.3 Å². The van der Waals surface area contributed by atoms with Gasteiger partial charge in [0.05, 0.1) is 5.69 Å². The van der Waals surface area contributed by atoms with Gasteiger partial charge in [0.2, 0.25) is 0 Å². The van der Waals surface area contributed by atoms with E-state index in [1.54, 1.807) is 13.0 Å². The highest BCUT2D eigenvalue weighted by molar-refractivity contribution is 5.86. The van der Waals surface area contributed by atoms with Gasteiger partial charge in [0.1, 0.15) is 11.5 Å². The highest BCUT2D eigenvalue weighted by Crippen LogP contribution is 2.20. The monoisotopic (exact) mass is 220 g/mol. The predicted octanol–water partition coefficient (Wildman–Crippen LogP) is 2.22. The third-order valence-electron chi connectivity index (χ3n) is 2.15. The van der Waals surface area contributed by atoms with Gasteiger partial charge >= 0.3 is 5.97 Å². The fraction of sp³-hybridized carbons (Fsp3) is 0.0909. The lowest BCUT2D eigenvalue weighted by Crippen LogP contribution is -1.95. The summed E-state index contributed by atoms with van der Waals surface area (Å²) >= 11 is 0. The lowest BCUT2D eigenvalue weighted by atomic mass is 10.1. The summed E-state index contributed by atoms with van der Waals surface area (Å²) in [5.41, 5.74) is 1.72. The first-order chi connectivity index (χ1) is 7.56. The molecule has 5 heteroatoms. The number of aromatic nitrogens is 2. The minimum atomic E-state index is -1.09. The van der Waals surface area contributed by atoms with E-state index in [1.165, 1.54) is 18.2 Å². The SMILES string of the molecule is Cc1cc(F)cc(-c2cc(C(=O)O)[nH]n2)c1. The Kier molecular flexibility index (Phi) is 2.44. The molecular formula is C11H9FN2O2. The summed E-state index contributed by atoms with van der Waals surface area (Å²) in [5, 5.41) is 14.9. The number of aromatic carboxylic acids is 1. The average Bonchev–Trinajstić information content (AvgIpc) is 2.64. The summed E-state index contributed by atoms with van der Waals surface area (Å²) in [6.07, 6.45) is 0. The van der Waals surface area contributed by atoms with Crippen LogP contribution in [0.1, 0.15) is 16.1 Å². The van der Waals surface area contributed by atoms with Crippen molar-refractivity contribution in [1.29, 1.82) is 0 Å². The molecule has 0 amide bonds. The van der Waals surface area contributed by atoms with Crippen LogP contribution >= 0.6 is 0 Å². The van der Waals surface area contributed by atoms with Crippen molar-refractivity contribution in [2.24, 2.45) is 0 Å². The molecule has 1 heterocycles. The largest absolute Gasteiger partial charge is 0.477 e. The van der Waals surface area contributed by atoms with Gasteiger partial charge in [0, 0.05) is 5.56 Å². The summed E-state index contributed by atoms with van der Waals surface area (Å²) in [4.78, 5) is 10.6. The van der Waals surface area contributed by atoms with Crippen LogP contribution in [0.25, 0.3) is 11.3 Å². The van der Waals surface area contributed by atoms with E-state index in [0.717, 1.165) is 5.56 Å². The highest BCUT2D eigenvalue weighted by Gasteiger charge is 2.10. The number of nitrogens with one attached hydrogen (secondary N) is 1. The van der Waals surface area contributed by atoms with Crippen LogP contribution in [-0.4, -0.2) is 21.3 Å². The number of halogens is 1. The van der Waals surface area contributed by atoms with Crippen molar-refractivity contribution in [1.82, 2.24) is 10.2 Å². The Labute approximate surface area is 90.7 Å². The van der Waals surface area contributed by atoms with Crippen LogP contribution < -0.4 is 0 Å². The molecule has 1 aromatic carbocycles. The zero-order valence-electron chi connectivity index (χ0n) is 8.49. The van der Waals surface area contributed by atoms with E-state index < -0.39 is 5.97 Å². The van der Waals surface area contributed by atoms with Crippen molar-refractivity contribution in [3.8, 4) is 11.3 Å². The Morgan fingerprint density at radius 3 is 2.69 bits per heavy atom. The lowest BCUT2D eigenvalue weighted by molar-refractivity contribution is 0.0690. The molecule has 1 aromatic heterocycles. The molecule has 2 rings (SSSR count). The number of benzene rings is 1. The Balaban J connectivity index is 2.46. The fourth-order valence-corrected chi connectivity index (χ4v) is 1.46. The molecule has 0 unspecified atom stereocenters. The van der Waals surface area contributed by atoms with E-state index >= 15 is 0 Å². The number of hydrogen-bond donors (Lipinski definition) is 2. The molecule has 0 saturated carbocycles. The second-order valence-corrected chi connectivity index (χ2v) is 3.49. The summed E-state index contributed by atoms with van der Waals surface area (Å²) in [5.74, 6) is -1.46. The van der Waals surface area contributed by atoms with E-state index in [9.17, 15) is 9.18 Å². The zero-order valence-corrected chi connectivity index (χ0v) is 8.49. The van der Waals surface area contributed by atoms with Gasteiger partial charge in [-0.3, -0.25) is 5.10 Å². The number of carboxylic acids is 1. The normalized spacial score (nSPS) is 10.4. The second kappa shape index (κ2) is 3.77. The third kappa shape index (κ3) is 1.93. The summed E-state index contributed by atoms with van der Waals surface area (Å²) in [6.45, 7) is 1.76. The molecule has 0 bridgehead atoms.